The summed E-state index contributed by atoms with van der Waals surface area (Å²) < 4.78 is 5.68. The lowest BCUT2D eigenvalue weighted by atomic mass is 10.0. The number of morpholine rings is 1. The normalized spacial score (nSPS) is 19.0. The Morgan fingerprint density at radius 3 is 2.95 bits per heavy atom. The predicted octanol–water partition coefficient (Wildman–Crippen LogP) is 0.670. The molecule has 21 heavy (non-hydrogen) atoms. The third-order valence-electron chi connectivity index (χ3n) is 3.63. The lowest BCUT2D eigenvalue weighted by Gasteiger charge is -2.33. The standard InChI is InChI=1S/C15H23N3O2.ClH/c1-17-10-13-11-18(8-9-20-13)7-6-12-4-2-3-5-14(12)15(16)19;/h2-5,13,17H,6-11H2,1H3,(H2,16,19);1H. The highest BCUT2D eigenvalue weighted by Crippen LogP contribution is 2.11. The summed E-state index contributed by atoms with van der Waals surface area (Å²) in [5.74, 6) is -0.351. The number of carbonyl (C=O) groups is 1. The summed E-state index contributed by atoms with van der Waals surface area (Å²) in [5, 5.41) is 3.14. The SMILES string of the molecule is CNCC1CN(CCc2ccccc2C(N)=O)CCO1.Cl. The molecule has 6 heteroatoms. The van der Waals surface area contributed by atoms with E-state index >= 15 is 0 Å². The predicted molar refractivity (Wildman–Crippen MR) is 86.0 cm³/mol. The average molecular weight is 314 g/mol. The Bertz CT molecular complexity index is 454. The molecule has 1 aromatic rings. The molecular weight excluding hydrogens is 290 g/mol. The Labute approximate surface area is 132 Å². The van der Waals surface area contributed by atoms with Crippen molar-refractivity contribution in [1.29, 1.82) is 0 Å². The molecule has 0 aromatic heterocycles. The van der Waals surface area contributed by atoms with E-state index in [0.717, 1.165) is 44.8 Å². The van der Waals surface area contributed by atoms with Crippen molar-refractivity contribution >= 4 is 18.3 Å². The van der Waals surface area contributed by atoms with Gasteiger partial charge in [-0.1, -0.05) is 18.2 Å². The molecule has 0 aliphatic carbocycles. The number of nitrogens with zero attached hydrogens (tertiary/aromatic N) is 1. The maximum Gasteiger partial charge on any atom is 0.248 e. The summed E-state index contributed by atoms with van der Waals surface area (Å²) in [6, 6.07) is 7.57. The van der Waals surface area contributed by atoms with Gasteiger partial charge in [-0.05, 0) is 25.1 Å². The van der Waals surface area contributed by atoms with Crippen LogP contribution < -0.4 is 11.1 Å². The van der Waals surface area contributed by atoms with Crippen LogP contribution >= 0.6 is 12.4 Å². The number of carbonyl (C=O) groups excluding carboxylic acids is 1. The van der Waals surface area contributed by atoms with E-state index in [9.17, 15) is 4.79 Å². The molecule has 0 bridgehead atoms. The van der Waals surface area contributed by atoms with Crippen molar-refractivity contribution in [2.75, 3.05) is 39.8 Å². The number of halogens is 1. The molecule has 118 valence electrons. The van der Waals surface area contributed by atoms with Crippen LogP contribution in [0.4, 0.5) is 0 Å². The highest BCUT2D eigenvalue weighted by Gasteiger charge is 2.19. The van der Waals surface area contributed by atoms with Gasteiger partial charge in [0.1, 0.15) is 0 Å². The smallest absolute Gasteiger partial charge is 0.248 e. The molecule has 0 radical (unpaired) electrons. The van der Waals surface area contributed by atoms with Gasteiger partial charge < -0.3 is 15.8 Å². The molecular formula is C15H24ClN3O2. The van der Waals surface area contributed by atoms with Gasteiger partial charge in [-0.2, -0.15) is 0 Å². The Morgan fingerprint density at radius 2 is 2.24 bits per heavy atom. The van der Waals surface area contributed by atoms with Crippen LogP contribution in [0.3, 0.4) is 0 Å². The number of amides is 1. The van der Waals surface area contributed by atoms with Crippen LogP contribution in [-0.2, 0) is 11.2 Å². The monoisotopic (exact) mass is 313 g/mol. The largest absolute Gasteiger partial charge is 0.374 e. The van der Waals surface area contributed by atoms with Crippen molar-refractivity contribution in [2.45, 2.75) is 12.5 Å². The summed E-state index contributed by atoms with van der Waals surface area (Å²) in [5.41, 5.74) is 7.06. The van der Waals surface area contributed by atoms with E-state index in [4.69, 9.17) is 10.5 Å². The second-order valence-corrected chi connectivity index (χ2v) is 5.12. The van der Waals surface area contributed by atoms with Gasteiger partial charge in [-0.3, -0.25) is 9.69 Å². The zero-order valence-corrected chi connectivity index (χ0v) is 13.2. The van der Waals surface area contributed by atoms with E-state index < -0.39 is 0 Å². The van der Waals surface area contributed by atoms with Gasteiger partial charge in [0.25, 0.3) is 0 Å². The van der Waals surface area contributed by atoms with Crippen LogP contribution in [0.1, 0.15) is 15.9 Å². The second kappa shape index (κ2) is 9.00. The Morgan fingerprint density at radius 1 is 1.48 bits per heavy atom. The molecule has 1 amide bonds. The fraction of sp³-hybridized carbons (Fsp3) is 0.533. The molecule has 1 heterocycles. The van der Waals surface area contributed by atoms with Gasteiger partial charge in [-0.25, -0.2) is 0 Å². The number of rotatable bonds is 6. The van der Waals surface area contributed by atoms with E-state index in [0.29, 0.717) is 5.56 Å². The van der Waals surface area contributed by atoms with E-state index in [-0.39, 0.29) is 24.4 Å². The minimum Gasteiger partial charge on any atom is -0.374 e. The van der Waals surface area contributed by atoms with Crippen molar-refractivity contribution in [3.05, 3.63) is 35.4 Å². The van der Waals surface area contributed by atoms with Crippen LogP contribution in [0.5, 0.6) is 0 Å². The summed E-state index contributed by atoms with van der Waals surface area (Å²) in [6.07, 6.45) is 1.09. The van der Waals surface area contributed by atoms with Crippen molar-refractivity contribution in [2.24, 2.45) is 5.73 Å². The van der Waals surface area contributed by atoms with E-state index in [2.05, 4.69) is 10.2 Å². The average Bonchev–Trinajstić information content (AvgIpc) is 2.46. The highest BCUT2D eigenvalue weighted by molar-refractivity contribution is 5.94. The summed E-state index contributed by atoms with van der Waals surface area (Å²) in [6.45, 7) is 4.44. The third-order valence-corrected chi connectivity index (χ3v) is 3.63. The molecule has 5 nitrogen and oxygen atoms in total. The maximum absolute atomic E-state index is 11.4. The molecule has 1 atom stereocenters. The summed E-state index contributed by atoms with van der Waals surface area (Å²) in [7, 11) is 1.94. The lowest BCUT2D eigenvalue weighted by Crippen LogP contribution is -2.46. The fourth-order valence-electron chi connectivity index (χ4n) is 2.59. The van der Waals surface area contributed by atoms with Crippen LogP contribution in [-0.4, -0.2) is 56.7 Å². The Hall–Kier alpha value is -1.14. The molecule has 1 aliphatic heterocycles. The van der Waals surface area contributed by atoms with Crippen molar-refractivity contribution in [3.8, 4) is 0 Å². The van der Waals surface area contributed by atoms with Gasteiger partial charge in [0.05, 0.1) is 12.7 Å². The van der Waals surface area contributed by atoms with E-state index in [1.54, 1.807) is 6.07 Å². The number of primary amides is 1. The molecule has 1 aromatic carbocycles. The topological polar surface area (TPSA) is 67.6 Å². The minimum absolute atomic E-state index is 0. The highest BCUT2D eigenvalue weighted by atomic mass is 35.5. The fourth-order valence-corrected chi connectivity index (χ4v) is 2.59. The van der Waals surface area contributed by atoms with E-state index in [1.165, 1.54) is 0 Å². The van der Waals surface area contributed by atoms with Gasteiger partial charge in [0.15, 0.2) is 0 Å². The molecule has 2 rings (SSSR count). The molecule has 3 N–H and O–H groups in total. The summed E-state index contributed by atoms with van der Waals surface area (Å²) in [4.78, 5) is 13.8. The van der Waals surface area contributed by atoms with Crippen molar-refractivity contribution in [3.63, 3.8) is 0 Å². The quantitative estimate of drug-likeness (QED) is 0.810. The number of hydrogen-bond acceptors (Lipinski definition) is 4. The van der Waals surface area contributed by atoms with Crippen LogP contribution in [0.25, 0.3) is 0 Å². The zero-order chi connectivity index (χ0) is 14.4. The van der Waals surface area contributed by atoms with Crippen LogP contribution in [0, 0.1) is 0 Å². The summed E-state index contributed by atoms with van der Waals surface area (Å²) >= 11 is 0. The van der Waals surface area contributed by atoms with Gasteiger partial charge in [0, 0.05) is 31.7 Å². The van der Waals surface area contributed by atoms with Gasteiger partial charge in [0.2, 0.25) is 5.91 Å². The molecule has 1 fully saturated rings. The number of nitrogens with two attached hydrogens (primary N) is 1. The Kier molecular flexibility index (Phi) is 7.67. The molecule has 0 saturated carbocycles. The molecule has 1 unspecified atom stereocenters. The molecule has 1 aliphatic rings. The first kappa shape index (κ1) is 17.9. The number of nitrogens with one attached hydrogen (secondary N) is 1. The number of ether oxygens (including phenoxy) is 1. The lowest BCUT2D eigenvalue weighted by molar-refractivity contribution is -0.0258. The molecule has 1 saturated heterocycles. The maximum atomic E-state index is 11.4. The van der Waals surface area contributed by atoms with Gasteiger partial charge in [-0.15, -0.1) is 12.4 Å². The second-order valence-electron chi connectivity index (χ2n) is 5.12. The number of likely N-dealkylation sites (N-methyl/N-ethyl adjacent to an activating group) is 1. The first-order valence-electron chi connectivity index (χ1n) is 7.07. The van der Waals surface area contributed by atoms with Crippen LogP contribution in [0.2, 0.25) is 0 Å². The first-order valence-corrected chi connectivity index (χ1v) is 7.07. The third kappa shape index (κ3) is 5.28. The zero-order valence-electron chi connectivity index (χ0n) is 12.4. The molecule has 0 spiro atoms. The first-order chi connectivity index (χ1) is 9.70. The van der Waals surface area contributed by atoms with Crippen molar-refractivity contribution < 1.29 is 9.53 Å². The van der Waals surface area contributed by atoms with E-state index in [1.807, 2.05) is 25.2 Å². The van der Waals surface area contributed by atoms with Gasteiger partial charge >= 0.3 is 0 Å². The number of benzene rings is 1. The number of hydrogen-bond donors (Lipinski definition) is 2. The van der Waals surface area contributed by atoms with Crippen LogP contribution in [0.15, 0.2) is 24.3 Å². The van der Waals surface area contributed by atoms with Crippen molar-refractivity contribution in [1.82, 2.24) is 10.2 Å². The Balaban J connectivity index is 0.00000220. The minimum atomic E-state index is -0.351.